The quantitative estimate of drug-likeness (QED) is 0.395. The van der Waals surface area contributed by atoms with Gasteiger partial charge in [0.15, 0.2) is 9.84 Å². The molecule has 2 N–H and O–H groups in total. The van der Waals surface area contributed by atoms with Crippen molar-refractivity contribution in [3.05, 3.63) is 77.5 Å². The lowest BCUT2D eigenvalue weighted by Gasteiger charge is -2.15. The zero-order valence-corrected chi connectivity index (χ0v) is 19.7. The van der Waals surface area contributed by atoms with Gasteiger partial charge in [0.05, 0.1) is 23.2 Å². The van der Waals surface area contributed by atoms with Crippen molar-refractivity contribution in [1.82, 2.24) is 4.90 Å². The number of carboxylic acid groups (broad SMARTS) is 1. The molecule has 0 aliphatic carbocycles. The monoisotopic (exact) mass is 487 g/mol. The highest BCUT2D eigenvalue weighted by molar-refractivity contribution is 7.90. The number of likely N-dealkylation sites (N-methyl/N-ethyl adjacent to an activating group) is 1. The molecule has 2 aromatic carbocycles. The SMILES string of the molecule is CCN(CC)CC=Cc1cc(F)ccc1S(=O)(=O)Cc1ccc(-c2ccoc2)c(O)c1C(=O)O. The van der Waals surface area contributed by atoms with Gasteiger partial charge in [-0.2, -0.15) is 0 Å². The first kappa shape index (κ1) is 25.2. The zero-order chi connectivity index (χ0) is 24.9. The number of benzene rings is 2. The summed E-state index contributed by atoms with van der Waals surface area (Å²) < 4.78 is 45.5. The molecule has 0 amide bonds. The smallest absolute Gasteiger partial charge is 0.339 e. The van der Waals surface area contributed by atoms with Gasteiger partial charge in [-0.05, 0) is 48.5 Å². The van der Waals surface area contributed by atoms with Crippen molar-refractivity contribution in [3.63, 3.8) is 0 Å². The van der Waals surface area contributed by atoms with E-state index < -0.39 is 38.7 Å². The molecule has 0 bridgehead atoms. The van der Waals surface area contributed by atoms with Gasteiger partial charge in [-0.15, -0.1) is 0 Å². The normalized spacial score (nSPS) is 12.0. The number of hydrogen-bond acceptors (Lipinski definition) is 6. The van der Waals surface area contributed by atoms with E-state index in [1.165, 1.54) is 30.7 Å². The van der Waals surface area contributed by atoms with Crippen LogP contribution < -0.4 is 0 Å². The van der Waals surface area contributed by atoms with Crippen molar-refractivity contribution < 1.29 is 32.2 Å². The third-order valence-corrected chi connectivity index (χ3v) is 7.25. The highest BCUT2D eigenvalue weighted by atomic mass is 32.2. The number of nitrogens with zero attached hydrogens (tertiary/aromatic N) is 1. The van der Waals surface area contributed by atoms with Gasteiger partial charge in [0.25, 0.3) is 0 Å². The summed E-state index contributed by atoms with van der Waals surface area (Å²) >= 11 is 0. The lowest BCUT2D eigenvalue weighted by atomic mass is 9.99. The Balaban J connectivity index is 2.00. The van der Waals surface area contributed by atoms with E-state index in [1.807, 2.05) is 13.8 Å². The van der Waals surface area contributed by atoms with Crippen LogP contribution in [-0.4, -0.2) is 49.1 Å². The first-order chi connectivity index (χ1) is 16.2. The van der Waals surface area contributed by atoms with Crippen LogP contribution in [0.4, 0.5) is 4.39 Å². The highest BCUT2D eigenvalue weighted by Gasteiger charge is 2.26. The van der Waals surface area contributed by atoms with Crippen LogP contribution in [0.1, 0.15) is 35.3 Å². The van der Waals surface area contributed by atoms with Crippen molar-refractivity contribution >= 4 is 21.9 Å². The van der Waals surface area contributed by atoms with Crippen LogP contribution in [0, 0.1) is 5.82 Å². The molecule has 0 unspecified atom stereocenters. The molecule has 0 aliphatic rings. The van der Waals surface area contributed by atoms with Gasteiger partial charge < -0.3 is 19.5 Å². The minimum absolute atomic E-state index is 0.0837. The molecule has 0 atom stereocenters. The molecule has 0 aliphatic heterocycles. The first-order valence-electron chi connectivity index (χ1n) is 10.7. The van der Waals surface area contributed by atoms with E-state index in [-0.39, 0.29) is 21.6 Å². The second-order valence-electron chi connectivity index (χ2n) is 7.64. The summed E-state index contributed by atoms with van der Waals surface area (Å²) in [5, 5.41) is 20.3. The lowest BCUT2D eigenvalue weighted by Crippen LogP contribution is -2.22. The third-order valence-electron chi connectivity index (χ3n) is 5.52. The number of rotatable bonds is 10. The topological polar surface area (TPSA) is 108 Å². The fourth-order valence-electron chi connectivity index (χ4n) is 3.67. The molecule has 0 spiro atoms. The van der Waals surface area contributed by atoms with E-state index in [0.29, 0.717) is 12.1 Å². The summed E-state index contributed by atoms with van der Waals surface area (Å²) in [6.07, 6.45) is 6.02. The van der Waals surface area contributed by atoms with E-state index in [9.17, 15) is 27.8 Å². The maximum atomic E-state index is 13.9. The Labute approximate surface area is 197 Å². The van der Waals surface area contributed by atoms with Crippen molar-refractivity contribution in [2.75, 3.05) is 19.6 Å². The summed E-state index contributed by atoms with van der Waals surface area (Å²) in [7, 11) is -4.09. The van der Waals surface area contributed by atoms with Crippen LogP contribution in [0.2, 0.25) is 0 Å². The molecule has 9 heteroatoms. The van der Waals surface area contributed by atoms with E-state index in [0.717, 1.165) is 25.2 Å². The average molecular weight is 488 g/mol. The number of aromatic hydroxyl groups is 1. The maximum Gasteiger partial charge on any atom is 0.339 e. The summed E-state index contributed by atoms with van der Waals surface area (Å²) in [5.74, 6) is -3.29. The number of phenols is 1. The standard InChI is InChI=1S/C25H26FNO6S/c1-3-27(4-2)12-5-6-17-14-20(26)8-10-22(17)34(31,32)16-19-7-9-21(18-11-13-33-15-18)24(28)23(19)25(29)30/h5-11,13-15,28H,3-4,12,16H2,1-2H3,(H,29,30). The van der Waals surface area contributed by atoms with Gasteiger partial charge in [-0.3, -0.25) is 0 Å². The molecule has 7 nitrogen and oxygen atoms in total. The van der Waals surface area contributed by atoms with Crippen LogP contribution in [-0.2, 0) is 15.6 Å². The summed E-state index contributed by atoms with van der Waals surface area (Å²) in [5.41, 5.74) is 0.230. The minimum Gasteiger partial charge on any atom is -0.506 e. The van der Waals surface area contributed by atoms with Gasteiger partial charge in [-0.25, -0.2) is 17.6 Å². The Bertz CT molecular complexity index is 1300. The largest absolute Gasteiger partial charge is 0.506 e. The molecule has 1 aromatic heterocycles. The van der Waals surface area contributed by atoms with Crippen molar-refractivity contribution in [3.8, 4) is 16.9 Å². The van der Waals surface area contributed by atoms with Gasteiger partial charge in [0.1, 0.15) is 17.1 Å². The molecule has 3 aromatic rings. The molecule has 0 saturated carbocycles. The summed E-state index contributed by atoms with van der Waals surface area (Å²) in [6.45, 7) is 6.19. The average Bonchev–Trinajstić information content (AvgIpc) is 3.31. The van der Waals surface area contributed by atoms with Crippen molar-refractivity contribution in [2.45, 2.75) is 24.5 Å². The predicted molar refractivity (Wildman–Crippen MR) is 127 cm³/mol. The van der Waals surface area contributed by atoms with Gasteiger partial charge in [-0.1, -0.05) is 38.1 Å². The molecule has 0 radical (unpaired) electrons. The number of aromatic carboxylic acids is 1. The molecule has 3 rings (SSSR count). The number of halogens is 1. The van der Waals surface area contributed by atoms with Crippen LogP contribution in [0.5, 0.6) is 5.75 Å². The van der Waals surface area contributed by atoms with E-state index in [2.05, 4.69) is 4.90 Å². The molecule has 0 fully saturated rings. The fraction of sp³-hybridized carbons (Fsp3) is 0.240. The van der Waals surface area contributed by atoms with Crippen LogP contribution in [0.3, 0.4) is 0 Å². The highest BCUT2D eigenvalue weighted by Crippen LogP contribution is 2.36. The molecular formula is C25H26FNO6S. The van der Waals surface area contributed by atoms with Gasteiger partial charge in [0, 0.05) is 17.7 Å². The lowest BCUT2D eigenvalue weighted by molar-refractivity contribution is 0.0693. The number of furan rings is 1. The van der Waals surface area contributed by atoms with E-state index in [1.54, 1.807) is 18.2 Å². The molecule has 180 valence electrons. The molecule has 0 saturated heterocycles. The van der Waals surface area contributed by atoms with Gasteiger partial charge >= 0.3 is 5.97 Å². The Morgan fingerprint density at radius 1 is 1.15 bits per heavy atom. The third kappa shape index (κ3) is 5.55. The molecule has 34 heavy (non-hydrogen) atoms. The number of sulfone groups is 1. The Morgan fingerprint density at radius 2 is 1.88 bits per heavy atom. The fourth-order valence-corrected chi connectivity index (χ4v) is 5.24. The molecule has 1 heterocycles. The Hall–Kier alpha value is -3.43. The first-order valence-corrected chi connectivity index (χ1v) is 12.3. The second-order valence-corrected chi connectivity index (χ2v) is 9.60. The maximum absolute atomic E-state index is 13.9. The van der Waals surface area contributed by atoms with Crippen molar-refractivity contribution in [2.24, 2.45) is 0 Å². The van der Waals surface area contributed by atoms with E-state index in [4.69, 9.17) is 4.42 Å². The van der Waals surface area contributed by atoms with Crippen molar-refractivity contribution in [1.29, 1.82) is 0 Å². The summed E-state index contributed by atoms with van der Waals surface area (Å²) in [4.78, 5) is 13.9. The Kier molecular flexibility index (Phi) is 7.90. The Morgan fingerprint density at radius 3 is 2.50 bits per heavy atom. The minimum atomic E-state index is -4.09. The number of hydrogen-bond donors (Lipinski definition) is 2. The second kappa shape index (κ2) is 10.7. The van der Waals surface area contributed by atoms with E-state index >= 15 is 0 Å². The van der Waals surface area contributed by atoms with Crippen LogP contribution in [0.15, 0.2) is 64.3 Å². The number of carbonyl (C=O) groups is 1. The summed E-state index contributed by atoms with van der Waals surface area (Å²) in [6, 6.07) is 7.68. The number of carboxylic acids is 1. The van der Waals surface area contributed by atoms with Crippen LogP contribution >= 0.6 is 0 Å². The zero-order valence-electron chi connectivity index (χ0n) is 18.9. The van der Waals surface area contributed by atoms with Gasteiger partial charge in [0.2, 0.25) is 0 Å². The predicted octanol–water partition coefficient (Wildman–Crippen LogP) is 4.82. The molecular weight excluding hydrogens is 461 g/mol. The van der Waals surface area contributed by atoms with Crippen LogP contribution in [0.25, 0.3) is 17.2 Å².